The van der Waals surface area contributed by atoms with Crippen LogP contribution in [0.1, 0.15) is 529 Å². The summed E-state index contributed by atoms with van der Waals surface area (Å²) in [4.78, 5) is 73.5. The number of phosphoric acid groups is 2. The molecular weight excluding hydrogens is 1470 g/mol. The van der Waals surface area contributed by atoms with Crippen LogP contribution in [0.25, 0.3) is 0 Å². The average Bonchev–Trinajstić information content (AvgIpc) is 0.896. The number of carbonyl (C=O) groups excluding carboxylic acids is 4. The Morgan fingerprint density at radius 2 is 0.351 bits per heavy atom. The lowest BCUT2D eigenvalue weighted by Crippen LogP contribution is -2.30. The van der Waals surface area contributed by atoms with Crippen molar-refractivity contribution in [3.05, 3.63) is 0 Å². The number of esters is 4. The molecule has 0 amide bonds. The molecule has 0 aromatic rings. The van der Waals surface area contributed by atoms with E-state index in [1.165, 1.54) is 360 Å². The van der Waals surface area contributed by atoms with Crippen LogP contribution in [0.2, 0.25) is 0 Å². The molecule has 0 aliphatic heterocycles. The summed E-state index contributed by atoms with van der Waals surface area (Å²) in [5.41, 5.74) is 0. The van der Waals surface area contributed by atoms with Gasteiger partial charge in [-0.25, -0.2) is 9.13 Å². The van der Waals surface area contributed by atoms with Crippen molar-refractivity contribution in [1.82, 2.24) is 0 Å². The molecule has 0 aromatic heterocycles. The fraction of sp³-hybridized carbons (Fsp3) is 0.958. The Morgan fingerprint density at radius 1 is 0.211 bits per heavy atom. The number of phosphoric ester groups is 2. The third kappa shape index (κ3) is 87.9. The van der Waals surface area contributed by atoms with Crippen molar-refractivity contribution in [3.63, 3.8) is 0 Å². The average molecular weight is 1660 g/mol. The van der Waals surface area contributed by atoms with Gasteiger partial charge in [-0.2, -0.15) is 0 Å². The first-order chi connectivity index (χ1) is 55.7. The van der Waals surface area contributed by atoms with Crippen LogP contribution in [-0.2, 0) is 65.4 Å². The Kier molecular flexibility index (Phi) is 87.3. The molecule has 0 aromatic carbocycles. The lowest BCUT2D eigenvalue weighted by atomic mass is 10.0. The largest absolute Gasteiger partial charge is 0.472 e. The zero-order valence-corrected chi connectivity index (χ0v) is 76.9. The van der Waals surface area contributed by atoms with Crippen molar-refractivity contribution in [2.24, 2.45) is 0 Å². The minimum atomic E-state index is -4.97. The standard InChI is InChI=1S/C95H186O17P2/c1-5-9-13-17-21-25-29-32-35-38-41-44-46-49-51-54-57-60-64-68-72-76-80-93(98)106-86-91(112-95(100)82-78-74-70-66-62-59-56-53-50-47-45-42-39-36-33-30-26-22-18-14-10-6-2)88-110-114(103,104)108-84-89(96)83-107-113(101,102)109-87-90(85-105-92(97)79-75-71-67-63-28-24-20-16-12-8-4)111-94(99)81-77-73-69-65-61-58-55-52-48-43-40-37-34-31-27-23-19-15-11-7-3/h89-91,96H,5-88H2,1-4H3,(H,101,102)(H,103,104)/t89-,90+,91+/m0/s1. The summed E-state index contributed by atoms with van der Waals surface area (Å²) in [7, 11) is -9.94. The highest BCUT2D eigenvalue weighted by Gasteiger charge is 2.31. The summed E-state index contributed by atoms with van der Waals surface area (Å²) in [6.07, 6.45) is 87.9. The molecule has 0 aliphatic rings. The smallest absolute Gasteiger partial charge is 0.462 e. The number of ether oxygens (including phenoxy) is 4. The molecule has 114 heavy (non-hydrogen) atoms. The molecule has 19 heteroatoms. The molecule has 0 bridgehead atoms. The van der Waals surface area contributed by atoms with Crippen LogP contribution in [0.5, 0.6) is 0 Å². The number of carbonyl (C=O) groups is 4. The summed E-state index contributed by atoms with van der Waals surface area (Å²) in [5, 5.41) is 10.7. The summed E-state index contributed by atoms with van der Waals surface area (Å²) in [6.45, 7) is 5.09. The molecule has 2 unspecified atom stereocenters. The number of hydrogen-bond donors (Lipinski definition) is 3. The second kappa shape index (κ2) is 88.8. The Bertz CT molecular complexity index is 2140. The molecule has 0 rings (SSSR count). The molecule has 0 fully saturated rings. The van der Waals surface area contributed by atoms with E-state index in [0.717, 1.165) is 89.9 Å². The van der Waals surface area contributed by atoms with Crippen molar-refractivity contribution in [3.8, 4) is 0 Å². The fourth-order valence-electron chi connectivity index (χ4n) is 15.1. The molecule has 0 saturated heterocycles. The van der Waals surface area contributed by atoms with Crippen LogP contribution in [0.3, 0.4) is 0 Å². The summed E-state index contributed by atoms with van der Waals surface area (Å²) in [5.74, 6) is -2.09. The number of aliphatic hydroxyl groups excluding tert-OH is 1. The maximum absolute atomic E-state index is 13.2. The van der Waals surface area contributed by atoms with Gasteiger partial charge in [-0.15, -0.1) is 0 Å². The minimum absolute atomic E-state index is 0.110. The molecule has 678 valence electrons. The van der Waals surface area contributed by atoms with Gasteiger partial charge in [-0.1, -0.05) is 477 Å². The highest BCUT2D eigenvalue weighted by Crippen LogP contribution is 2.45. The number of hydrogen-bond acceptors (Lipinski definition) is 15. The molecule has 0 saturated carbocycles. The van der Waals surface area contributed by atoms with E-state index in [4.69, 9.17) is 37.0 Å². The van der Waals surface area contributed by atoms with E-state index in [-0.39, 0.29) is 25.7 Å². The van der Waals surface area contributed by atoms with Gasteiger partial charge >= 0.3 is 39.5 Å². The number of unbranched alkanes of at least 4 members (excludes halogenated alkanes) is 70. The predicted molar refractivity (Wildman–Crippen MR) is 474 cm³/mol. The van der Waals surface area contributed by atoms with Crippen LogP contribution in [0.4, 0.5) is 0 Å². The zero-order valence-electron chi connectivity index (χ0n) is 75.1. The van der Waals surface area contributed by atoms with Crippen molar-refractivity contribution in [1.29, 1.82) is 0 Å². The normalized spacial score (nSPS) is 13.6. The van der Waals surface area contributed by atoms with Gasteiger partial charge in [-0.3, -0.25) is 37.3 Å². The van der Waals surface area contributed by atoms with E-state index >= 15 is 0 Å². The molecule has 0 aliphatic carbocycles. The van der Waals surface area contributed by atoms with Gasteiger partial charge in [0.05, 0.1) is 26.4 Å². The van der Waals surface area contributed by atoms with E-state index in [1.807, 2.05) is 0 Å². The van der Waals surface area contributed by atoms with E-state index < -0.39 is 97.5 Å². The van der Waals surface area contributed by atoms with Gasteiger partial charge in [-0.05, 0) is 25.7 Å². The molecule has 3 N–H and O–H groups in total. The predicted octanol–water partition coefficient (Wildman–Crippen LogP) is 30.0. The van der Waals surface area contributed by atoms with E-state index in [2.05, 4.69) is 27.7 Å². The van der Waals surface area contributed by atoms with Crippen molar-refractivity contribution < 1.29 is 80.2 Å². The van der Waals surface area contributed by atoms with Gasteiger partial charge < -0.3 is 33.8 Å². The Labute approximate surface area is 702 Å². The molecule has 5 atom stereocenters. The third-order valence-electron chi connectivity index (χ3n) is 22.6. The minimum Gasteiger partial charge on any atom is -0.462 e. The second-order valence-corrected chi connectivity index (χ2v) is 37.0. The molecule has 0 heterocycles. The topological polar surface area (TPSA) is 237 Å². The molecular formula is C95H186O17P2. The van der Waals surface area contributed by atoms with Crippen LogP contribution >= 0.6 is 15.6 Å². The van der Waals surface area contributed by atoms with Crippen LogP contribution in [0, 0.1) is 0 Å². The Balaban J connectivity index is 5.19. The Hall–Kier alpha value is -1.94. The number of aliphatic hydroxyl groups is 1. The van der Waals surface area contributed by atoms with E-state index in [1.54, 1.807) is 0 Å². The lowest BCUT2D eigenvalue weighted by Gasteiger charge is -2.21. The highest BCUT2D eigenvalue weighted by molar-refractivity contribution is 7.47. The SMILES string of the molecule is CCCCCCCCCCCCCCCCCCCCCCCCC(=O)OC[C@H](COP(=O)(O)OC[C@@H](O)COP(=O)(O)OC[C@@H](COC(=O)CCCCCCCCCCCC)OC(=O)CCCCCCCCCCCCCCCCCCCCCC)OC(=O)CCCCCCCCCCCCCCCCCCCCCCCC. The quantitative estimate of drug-likeness (QED) is 0.0222. The first kappa shape index (κ1) is 112. The van der Waals surface area contributed by atoms with Crippen LogP contribution < -0.4 is 0 Å². The zero-order chi connectivity index (χ0) is 83.1. The van der Waals surface area contributed by atoms with Gasteiger partial charge in [0.1, 0.15) is 19.3 Å². The lowest BCUT2D eigenvalue weighted by molar-refractivity contribution is -0.161. The molecule has 0 radical (unpaired) electrons. The van der Waals surface area contributed by atoms with Crippen molar-refractivity contribution >= 4 is 39.5 Å². The first-order valence-electron chi connectivity index (χ1n) is 49.3. The number of rotatable bonds is 96. The maximum Gasteiger partial charge on any atom is 0.472 e. The molecule has 0 spiro atoms. The monoisotopic (exact) mass is 1660 g/mol. The fourth-order valence-corrected chi connectivity index (χ4v) is 16.7. The van der Waals surface area contributed by atoms with Gasteiger partial charge in [0.2, 0.25) is 0 Å². The maximum atomic E-state index is 13.2. The van der Waals surface area contributed by atoms with Crippen LogP contribution in [-0.4, -0.2) is 96.7 Å². The van der Waals surface area contributed by atoms with E-state index in [9.17, 15) is 43.2 Å². The van der Waals surface area contributed by atoms with Gasteiger partial charge in [0.25, 0.3) is 0 Å². The third-order valence-corrected chi connectivity index (χ3v) is 24.5. The van der Waals surface area contributed by atoms with Gasteiger partial charge in [0.15, 0.2) is 12.2 Å². The highest BCUT2D eigenvalue weighted by atomic mass is 31.2. The summed E-state index contributed by atoms with van der Waals surface area (Å²) in [6, 6.07) is 0. The van der Waals surface area contributed by atoms with Crippen molar-refractivity contribution in [2.45, 2.75) is 547 Å². The summed E-state index contributed by atoms with van der Waals surface area (Å²) < 4.78 is 69.1. The van der Waals surface area contributed by atoms with Crippen molar-refractivity contribution in [2.75, 3.05) is 39.6 Å². The molecule has 17 nitrogen and oxygen atoms in total. The first-order valence-corrected chi connectivity index (χ1v) is 52.3. The summed E-state index contributed by atoms with van der Waals surface area (Å²) >= 11 is 0. The Morgan fingerprint density at radius 3 is 0.518 bits per heavy atom. The second-order valence-electron chi connectivity index (χ2n) is 34.1. The van der Waals surface area contributed by atoms with E-state index in [0.29, 0.717) is 25.7 Å². The van der Waals surface area contributed by atoms with Crippen LogP contribution in [0.15, 0.2) is 0 Å². The van der Waals surface area contributed by atoms with Gasteiger partial charge in [0, 0.05) is 25.7 Å².